The third-order valence-corrected chi connectivity index (χ3v) is 6.62. The summed E-state index contributed by atoms with van der Waals surface area (Å²) >= 11 is 0. The van der Waals surface area contributed by atoms with Crippen molar-refractivity contribution in [2.45, 2.75) is 38.1 Å². The molecule has 5 N–H and O–H groups in total. The first-order valence-electron chi connectivity index (χ1n) is 12.6. The Morgan fingerprint density at radius 3 is 2.85 bits per heavy atom. The van der Waals surface area contributed by atoms with Crippen LogP contribution >= 0.6 is 0 Å². The zero-order valence-electron chi connectivity index (χ0n) is 21.4. The highest BCUT2D eigenvalue weighted by Crippen LogP contribution is 2.28. The molecule has 0 spiro atoms. The Bertz CT molecular complexity index is 1420. The number of aryl methyl sites for hydroxylation is 1. The fraction of sp³-hybridized carbons (Fsp3) is 0.333. The van der Waals surface area contributed by atoms with Gasteiger partial charge >= 0.3 is 0 Å². The minimum Gasteiger partial charge on any atom is -0.487 e. The number of quaternary nitrogens is 1. The van der Waals surface area contributed by atoms with Crippen LogP contribution in [0.15, 0.2) is 60.7 Å². The molecule has 204 valence electrons. The van der Waals surface area contributed by atoms with Crippen molar-refractivity contribution >= 4 is 17.3 Å². The number of nitrogens with one attached hydrogen (secondary N) is 1. The first-order valence-corrected chi connectivity index (χ1v) is 12.6. The highest BCUT2D eigenvalue weighted by atomic mass is 19.1. The van der Waals surface area contributed by atoms with Crippen LogP contribution in [-0.4, -0.2) is 50.7 Å². The Balaban J connectivity index is 1.30. The van der Waals surface area contributed by atoms with E-state index < -0.39 is 12.0 Å². The number of benzene rings is 1. The van der Waals surface area contributed by atoms with Gasteiger partial charge in [-0.25, -0.2) is 18.7 Å². The number of nitrogens with two attached hydrogens (primary N) is 2. The monoisotopic (exact) mass is 538 g/mol. The number of nitrogens with zero attached hydrogens (tertiary/aromatic N) is 4. The Hall–Kier alpha value is -4.16. The highest BCUT2D eigenvalue weighted by molar-refractivity contribution is 6.15. The maximum Gasteiger partial charge on any atom is 0.239 e. The second-order valence-electron chi connectivity index (χ2n) is 9.44. The smallest absolute Gasteiger partial charge is 0.239 e. The van der Waals surface area contributed by atoms with Gasteiger partial charge in [0.05, 0.1) is 43.2 Å². The first-order chi connectivity index (χ1) is 18.9. The molecule has 3 heterocycles. The van der Waals surface area contributed by atoms with Crippen LogP contribution in [0.1, 0.15) is 36.1 Å². The normalized spacial score (nSPS) is 17.9. The SMILES string of the molecule is Cn1cncc1COC1=CC(F)CC(Oc2ccc(C(=N)c3c(N)ncnc3[NH2+]C3CCOCC3)c(F)c2)=C1. The average Bonchev–Trinajstić information content (AvgIpc) is 3.32. The fourth-order valence-corrected chi connectivity index (χ4v) is 4.49. The van der Waals surface area contributed by atoms with E-state index in [1.54, 1.807) is 23.2 Å². The molecule has 12 heteroatoms. The second-order valence-corrected chi connectivity index (χ2v) is 9.44. The van der Waals surface area contributed by atoms with Crippen molar-refractivity contribution in [2.75, 3.05) is 18.9 Å². The van der Waals surface area contributed by atoms with E-state index in [9.17, 15) is 4.39 Å². The van der Waals surface area contributed by atoms with Gasteiger partial charge in [0.1, 0.15) is 53.6 Å². The van der Waals surface area contributed by atoms with Gasteiger partial charge in [0.25, 0.3) is 0 Å². The molecule has 39 heavy (non-hydrogen) atoms. The summed E-state index contributed by atoms with van der Waals surface area (Å²) in [7, 11) is 1.84. The minimum absolute atomic E-state index is 0.0128. The van der Waals surface area contributed by atoms with Crippen LogP contribution in [-0.2, 0) is 23.1 Å². The molecular weight excluding hydrogens is 508 g/mol. The van der Waals surface area contributed by atoms with Crippen molar-refractivity contribution in [3.8, 4) is 5.75 Å². The molecule has 2 aliphatic rings. The summed E-state index contributed by atoms with van der Waals surface area (Å²) in [6.07, 6.45) is 7.95. The summed E-state index contributed by atoms with van der Waals surface area (Å²) < 4.78 is 48.4. The highest BCUT2D eigenvalue weighted by Gasteiger charge is 2.26. The van der Waals surface area contributed by atoms with Crippen LogP contribution in [0.3, 0.4) is 0 Å². The number of allylic oxidation sites excluding steroid dienone is 3. The maximum absolute atomic E-state index is 15.3. The molecule has 0 radical (unpaired) electrons. The third-order valence-electron chi connectivity index (χ3n) is 6.62. The molecule has 10 nitrogen and oxygen atoms in total. The van der Waals surface area contributed by atoms with E-state index in [1.165, 1.54) is 24.5 Å². The van der Waals surface area contributed by atoms with Crippen LogP contribution in [0.5, 0.6) is 5.75 Å². The van der Waals surface area contributed by atoms with Gasteiger partial charge in [-0.15, -0.1) is 0 Å². The zero-order valence-corrected chi connectivity index (χ0v) is 21.4. The topological polar surface area (TPSA) is 138 Å². The number of nitrogen functional groups attached to an aromatic ring is 1. The number of imidazole rings is 1. The van der Waals surface area contributed by atoms with Gasteiger partial charge in [-0.3, -0.25) is 10.7 Å². The third kappa shape index (κ3) is 6.29. The van der Waals surface area contributed by atoms with E-state index in [1.807, 2.05) is 12.4 Å². The van der Waals surface area contributed by atoms with E-state index in [0.29, 0.717) is 30.5 Å². The molecule has 1 aliphatic carbocycles. The Morgan fingerprint density at radius 1 is 1.28 bits per heavy atom. The molecule has 0 bridgehead atoms. The number of ether oxygens (including phenoxy) is 3. The standard InChI is InChI=1S/C27H29F2N7O3/c1-36-15-32-12-18(36)13-38-20-8-16(28)9-21(10-20)39-19-2-3-22(23(29)11-19)25(30)24-26(31)33-14-34-27(24)35-17-4-6-37-7-5-17/h2-3,8,10-12,14-17,30H,4-7,9,13H2,1H3,(H3,31,33,34,35)/p+1. The van der Waals surface area contributed by atoms with Gasteiger partial charge in [0.15, 0.2) is 0 Å². The second kappa shape index (κ2) is 11.7. The molecule has 1 fully saturated rings. The fourth-order valence-electron chi connectivity index (χ4n) is 4.49. The van der Waals surface area contributed by atoms with Crippen molar-refractivity contribution in [1.29, 1.82) is 5.41 Å². The van der Waals surface area contributed by atoms with E-state index >= 15 is 4.39 Å². The molecule has 1 aliphatic heterocycles. The lowest BCUT2D eigenvalue weighted by molar-refractivity contribution is -0.619. The number of anilines is 1. The quantitative estimate of drug-likeness (QED) is 0.356. The van der Waals surface area contributed by atoms with Crippen molar-refractivity contribution in [3.63, 3.8) is 0 Å². The first kappa shape index (κ1) is 26.4. The van der Waals surface area contributed by atoms with Gasteiger partial charge in [-0.2, -0.15) is 4.98 Å². The predicted octanol–water partition coefficient (Wildman–Crippen LogP) is 2.83. The summed E-state index contributed by atoms with van der Waals surface area (Å²) in [5.41, 5.74) is 7.09. The minimum atomic E-state index is -1.31. The molecule has 1 saturated heterocycles. The number of aromatic nitrogens is 4. The summed E-state index contributed by atoms with van der Waals surface area (Å²) in [4.78, 5) is 12.4. The maximum atomic E-state index is 15.3. The van der Waals surface area contributed by atoms with Gasteiger partial charge in [0, 0.05) is 44.0 Å². The van der Waals surface area contributed by atoms with Crippen LogP contribution in [0, 0.1) is 11.2 Å². The van der Waals surface area contributed by atoms with E-state index in [4.69, 9.17) is 25.4 Å². The number of hydrogen-bond acceptors (Lipinski definition) is 8. The molecule has 1 aromatic carbocycles. The van der Waals surface area contributed by atoms with Crippen LogP contribution in [0.2, 0.25) is 0 Å². The molecule has 2 aromatic heterocycles. The average molecular weight is 539 g/mol. The lowest BCUT2D eigenvalue weighted by atomic mass is 10.0. The summed E-state index contributed by atoms with van der Waals surface area (Å²) in [5.74, 6) is 0.680. The van der Waals surface area contributed by atoms with E-state index in [2.05, 4.69) is 15.0 Å². The van der Waals surface area contributed by atoms with Gasteiger partial charge < -0.3 is 24.5 Å². The number of halogens is 2. The van der Waals surface area contributed by atoms with Crippen LogP contribution < -0.4 is 15.8 Å². The summed E-state index contributed by atoms with van der Waals surface area (Å²) in [6.45, 7) is 1.51. The lowest BCUT2D eigenvalue weighted by Gasteiger charge is -2.21. The molecule has 5 rings (SSSR count). The largest absolute Gasteiger partial charge is 0.487 e. The molecule has 1 atom stereocenters. The predicted molar refractivity (Wildman–Crippen MR) is 139 cm³/mol. The Morgan fingerprint density at radius 2 is 2.10 bits per heavy atom. The molecular formula is C27H30F2N7O3+. The van der Waals surface area contributed by atoms with Gasteiger partial charge in [-0.1, -0.05) is 0 Å². The van der Waals surface area contributed by atoms with Crippen molar-refractivity contribution < 1.29 is 28.3 Å². The molecule has 1 unspecified atom stereocenters. The van der Waals surface area contributed by atoms with E-state index in [-0.39, 0.29) is 47.5 Å². The van der Waals surface area contributed by atoms with Gasteiger partial charge in [-0.05, 0) is 18.2 Å². The van der Waals surface area contributed by atoms with Crippen molar-refractivity contribution in [1.82, 2.24) is 19.5 Å². The number of alkyl halides is 1. The van der Waals surface area contributed by atoms with Crippen LogP contribution in [0.4, 0.5) is 20.4 Å². The Labute approximate surface area is 224 Å². The lowest BCUT2D eigenvalue weighted by Crippen LogP contribution is -2.86. The van der Waals surface area contributed by atoms with Crippen molar-refractivity contribution in [3.05, 3.63) is 83.4 Å². The van der Waals surface area contributed by atoms with Gasteiger partial charge in [0.2, 0.25) is 5.82 Å². The summed E-state index contributed by atoms with van der Waals surface area (Å²) in [5, 5.41) is 10.7. The zero-order chi connectivity index (χ0) is 27.4. The molecule has 0 amide bonds. The van der Waals surface area contributed by atoms with E-state index in [0.717, 1.165) is 24.6 Å². The summed E-state index contributed by atoms with van der Waals surface area (Å²) in [6, 6.07) is 4.34. The van der Waals surface area contributed by atoms with Crippen LogP contribution in [0.25, 0.3) is 0 Å². The van der Waals surface area contributed by atoms with Crippen molar-refractivity contribution in [2.24, 2.45) is 7.05 Å². The molecule has 0 saturated carbocycles. The number of hydrogen-bond donors (Lipinski definition) is 3. The Kier molecular flexibility index (Phi) is 7.94. The molecule has 3 aromatic rings. The number of rotatable bonds is 9.